The highest BCUT2D eigenvalue weighted by molar-refractivity contribution is 6.01. The normalized spacial score (nSPS) is 10.5. The van der Waals surface area contributed by atoms with Gasteiger partial charge in [0.25, 0.3) is 0 Å². The van der Waals surface area contributed by atoms with Gasteiger partial charge in [-0.1, -0.05) is 42.5 Å². The van der Waals surface area contributed by atoms with Gasteiger partial charge in [0.1, 0.15) is 6.54 Å². The topological polar surface area (TPSA) is 92.5 Å². The van der Waals surface area contributed by atoms with Crippen LogP contribution >= 0.6 is 0 Å². The minimum Gasteiger partial charge on any atom is -0.465 e. The van der Waals surface area contributed by atoms with Gasteiger partial charge >= 0.3 is 17.9 Å². The molecule has 8 heteroatoms. The van der Waals surface area contributed by atoms with Gasteiger partial charge in [0, 0.05) is 5.56 Å². The highest BCUT2D eigenvalue weighted by Crippen LogP contribution is 2.35. The lowest BCUT2D eigenvalue weighted by Gasteiger charge is -2.14. The molecule has 2 aromatic carbocycles. The van der Waals surface area contributed by atoms with E-state index in [0.29, 0.717) is 23.6 Å². The Bertz CT molecular complexity index is 1030. The molecule has 3 aromatic rings. The summed E-state index contributed by atoms with van der Waals surface area (Å²) in [5.74, 6) is -0.679. The third-order valence-corrected chi connectivity index (χ3v) is 4.29. The molecule has 0 N–H and O–H groups in total. The maximum Gasteiger partial charge on any atom is 0.338 e. The second kappa shape index (κ2) is 9.69. The van der Waals surface area contributed by atoms with Crippen LogP contribution in [0.4, 0.5) is 0 Å². The van der Waals surface area contributed by atoms with Crippen molar-refractivity contribution in [3.63, 3.8) is 0 Å². The first-order valence-corrected chi connectivity index (χ1v) is 9.59. The summed E-state index contributed by atoms with van der Waals surface area (Å²) in [6, 6.07) is 15.0. The van der Waals surface area contributed by atoms with Crippen molar-refractivity contribution in [1.29, 1.82) is 0 Å². The second-order valence-corrected chi connectivity index (χ2v) is 6.20. The Hall–Kier alpha value is -3.68. The monoisotopic (exact) mass is 409 g/mol. The molecule has 1 heterocycles. The van der Waals surface area contributed by atoms with Crippen molar-refractivity contribution in [1.82, 2.24) is 14.8 Å². The first-order chi connectivity index (χ1) is 14.6. The molecule has 1 aromatic heterocycles. The van der Waals surface area contributed by atoms with Crippen LogP contribution in [0.1, 0.15) is 24.2 Å². The van der Waals surface area contributed by atoms with Gasteiger partial charge in [-0.3, -0.25) is 4.79 Å². The number of nitrogens with zero attached hydrogens (tertiary/aromatic N) is 3. The Morgan fingerprint density at radius 3 is 2.43 bits per heavy atom. The molecule has 3 rings (SSSR count). The Morgan fingerprint density at radius 1 is 1.00 bits per heavy atom. The predicted octanol–water partition coefficient (Wildman–Crippen LogP) is 3.36. The molecule has 0 radical (unpaired) electrons. The van der Waals surface area contributed by atoms with E-state index >= 15 is 0 Å². The Balaban J connectivity index is 2.25. The first kappa shape index (κ1) is 21.0. The predicted molar refractivity (Wildman–Crippen MR) is 110 cm³/mol. The highest BCUT2D eigenvalue weighted by atomic mass is 16.5. The number of carbonyl (C=O) groups excluding carboxylic acids is 2. The highest BCUT2D eigenvalue weighted by Gasteiger charge is 2.25. The second-order valence-electron chi connectivity index (χ2n) is 6.20. The van der Waals surface area contributed by atoms with E-state index in [0.717, 1.165) is 11.1 Å². The Kier molecular flexibility index (Phi) is 6.79. The number of rotatable bonds is 8. The Labute approximate surface area is 174 Å². The summed E-state index contributed by atoms with van der Waals surface area (Å²) < 4.78 is 16.9. The van der Waals surface area contributed by atoms with E-state index in [4.69, 9.17) is 14.2 Å². The average molecular weight is 409 g/mol. The van der Waals surface area contributed by atoms with Crippen molar-refractivity contribution < 1.29 is 23.8 Å². The van der Waals surface area contributed by atoms with E-state index in [9.17, 15) is 9.59 Å². The van der Waals surface area contributed by atoms with Crippen molar-refractivity contribution in [3.8, 4) is 28.5 Å². The van der Waals surface area contributed by atoms with E-state index in [2.05, 4.69) is 10.1 Å². The first-order valence-electron chi connectivity index (χ1n) is 9.59. The van der Waals surface area contributed by atoms with Crippen LogP contribution < -0.4 is 4.74 Å². The summed E-state index contributed by atoms with van der Waals surface area (Å²) in [6.07, 6.45) is 0. The van der Waals surface area contributed by atoms with E-state index < -0.39 is 11.9 Å². The largest absolute Gasteiger partial charge is 0.465 e. The quantitative estimate of drug-likeness (QED) is 0.527. The number of hydrogen-bond acceptors (Lipinski definition) is 7. The van der Waals surface area contributed by atoms with Gasteiger partial charge in [-0.25, -0.2) is 9.48 Å². The van der Waals surface area contributed by atoms with Gasteiger partial charge in [0.05, 0.1) is 25.9 Å². The number of methoxy groups -OCH3 is 1. The number of hydrogen-bond donors (Lipinski definition) is 0. The zero-order valence-electron chi connectivity index (χ0n) is 17.1. The summed E-state index contributed by atoms with van der Waals surface area (Å²) in [5.41, 5.74) is 2.43. The number of esters is 2. The molecule has 0 spiro atoms. The summed E-state index contributed by atoms with van der Waals surface area (Å²) >= 11 is 0. The fourth-order valence-electron chi connectivity index (χ4n) is 3.07. The molecule has 30 heavy (non-hydrogen) atoms. The molecule has 0 amide bonds. The summed E-state index contributed by atoms with van der Waals surface area (Å²) in [5, 5.41) is 4.29. The van der Waals surface area contributed by atoms with Crippen molar-refractivity contribution in [2.24, 2.45) is 0 Å². The van der Waals surface area contributed by atoms with Crippen LogP contribution in [-0.2, 0) is 20.8 Å². The molecule has 156 valence electrons. The third kappa shape index (κ3) is 4.48. The molecule has 0 aliphatic rings. The summed E-state index contributed by atoms with van der Waals surface area (Å²) in [6.45, 7) is 3.96. The van der Waals surface area contributed by atoms with Crippen molar-refractivity contribution in [2.45, 2.75) is 20.4 Å². The van der Waals surface area contributed by atoms with Crippen molar-refractivity contribution in [3.05, 3.63) is 54.1 Å². The lowest BCUT2D eigenvalue weighted by atomic mass is 9.94. The molecular weight excluding hydrogens is 386 g/mol. The van der Waals surface area contributed by atoms with E-state index in [1.807, 2.05) is 43.3 Å². The molecule has 0 unspecified atom stereocenters. The molecule has 8 nitrogen and oxygen atoms in total. The molecular formula is C22H23N3O5. The molecule has 0 atom stereocenters. The lowest BCUT2D eigenvalue weighted by molar-refractivity contribution is -0.144. The van der Waals surface area contributed by atoms with Crippen LogP contribution in [0.2, 0.25) is 0 Å². The number of carbonyl (C=O) groups is 2. The van der Waals surface area contributed by atoms with Gasteiger partial charge in [-0.15, -0.1) is 5.10 Å². The number of aromatic nitrogens is 3. The zero-order chi connectivity index (χ0) is 21.5. The molecule has 0 aliphatic heterocycles. The van der Waals surface area contributed by atoms with Gasteiger partial charge in [-0.05, 0) is 31.0 Å². The van der Waals surface area contributed by atoms with Gasteiger partial charge in [0.2, 0.25) is 0 Å². The standard InChI is InChI=1S/C22H23N3O5/c1-4-29-18(26)14-25-20(23-22(24-25)30-5-2)19-16(15-10-7-6-8-11-15)12-9-13-17(19)21(27)28-3/h6-13H,4-5,14H2,1-3H3. The SMILES string of the molecule is CCOC(=O)Cn1nc(OCC)nc1-c1c(C(=O)OC)cccc1-c1ccccc1. The van der Waals surface area contributed by atoms with E-state index in [1.165, 1.54) is 11.8 Å². The van der Waals surface area contributed by atoms with Crippen LogP contribution in [0.25, 0.3) is 22.5 Å². The van der Waals surface area contributed by atoms with Crippen LogP contribution in [0.5, 0.6) is 6.01 Å². The molecule has 0 bridgehead atoms. The van der Waals surface area contributed by atoms with Crippen molar-refractivity contribution in [2.75, 3.05) is 20.3 Å². The molecule has 0 aliphatic carbocycles. The third-order valence-electron chi connectivity index (χ3n) is 4.29. The maximum atomic E-state index is 12.6. The fraction of sp³-hybridized carbons (Fsp3) is 0.273. The number of benzene rings is 2. The molecule has 0 fully saturated rings. The van der Waals surface area contributed by atoms with E-state index in [1.54, 1.807) is 19.1 Å². The number of ether oxygens (including phenoxy) is 3. The van der Waals surface area contributed by atoms with Crippen LogP contribution in [0, 0.1) is 0 Å². The van der Waals surface area contributed by atoms with Gasteiger partial charge in [-0.2, -0.15) is 4.98 Å². The van der Waals surface area contributed by atoms with E-state index in [-0.39, 0.29) is 19.2 Å². The minimum absolute atomic E-state index is 0.107. The lowest BCUT2D eigenvalue weighted by Crippen LogP contribution is -2.16. The zero-order valence-corrected chi connectivity index (χ0v) is 17.1. The average Bonchev–Trinajstić information content (AvgIpc) is 3.15. The van der Waals surface area contributed by atoms with Gasteiger partial charge in [0.15, 0.2) is 5.82 Å². The minimum atomic E-state index is -0.522. The van der Waals surface area contributed by atoms with Gasteiger partial charge < -0.3 is 14.2 Å². The Morgan fingerprint density at radius 2 is 1.77 bits per heavy atom. The van der Waals surface area contributed by atoms with Crippen LogP contribution in [0.15, 0.2) is 48.5 Å². The smallest absolute Gasteiger partial charge is 0.338 e. The maximum absolute atomic E-state index is 12.6. The molecule has 0 saturated carbocycles. The fourth-order valence-corrected chi connectivity index (χ4v) is 3.07. The van der Waals surface area contributed by atoms with Crippen LogP contribution in [0.3, 0.4) is 0 Å². The van der Waals surface area contributed by atoms with Crippen LogP contribution in [-0.4, -0.2) is 47.0 Å². The summed E-state index contributed by atoms with van der Waals surface area (Å²) in [4.78, 5) is 29.2. The van der Waals surface area contributed by atoms with Crippen molar-refractivity contribution >= 4 is 11.9 Å². The summed E-state index contributed by atoms with van der Waals surface area (Å²) in [7, 11) is 1.32. The molecule has 0 saturated heterocycles.